The van der Waals surface area contributed by atoms with Gasteiger partial charge in [0.25, 0.3) is 0 Å². The van der Waals surface area contributed by atoms with Crippen LogP contribution in [0.3, 0.4) is 0 Å². The van der Waals surface area contributed by atoms with E-state index in [1.807, 2.05) is 12.4 Å². The van der Waals surface area contributed by atoms with E-state index >= 15 is 0 Å². The van der Waals surface area contributed by atoms with Crippen LogP contribution in [0.4, 0.5) is 10.8 Å². The van der Waals surface area contributed by atoms with E-state index in [1.54, 1.807) is 11.3 Å². The van der Waals surface area contributed by atoms with Crippen molar-refractivity contribution in [3.63, 3.8) is 0 Å². The molecular formula is C19H26Cl2N6S. The Morgan fingerprint density at radius 1 is 1.25 bits per heavy atom. The van der Waals surface area contributed by atoms with Crippen LogP contribution in [0, 0.1) is 6.92 Å². The number of thiazole rings is 1. The molecule has 0 aliphatic carbocycles. The summed E-state index contributed by atoms with van der Waals surface area (Å²) in [6.07, 6.45) is 3.88. The molecule has 28 heavy (non-hydrogen) atoms. The summed E-state index contributed by atoms with van der Waals surface area (Å²) < 4.78 is 2.11. The zero-order valence-corrected chi connectivity index (χ0v) is 18.4. The Labute approximate surface area is 182 Å². The van der Waals surface area contributed by atoms with Gasteiger partial charge in [-0.15, -0.1) is 36.2 Å². The minimum atomic E-state index is 0. The minimum Gasteiger partial charge on any atom is -0.337 e. The van der Waals surface area contributed by atoms with E-state index in [2.05, 4.69) is 68.7 Å². The van der Waals surface area contributed by atoms with E-state index in [9.17, 15) is 0 Å². The quantitative estimate of drug-likeness (QED) is 0.629. The Balaban J connectivity index is 0.00000140. The van der Waals surface area contributed by atoms with Crippen LogP contribution in [0.5, 0.6) is 0 Å². The third-order valence-corrected chi connectivity index (χ3v) is 5.54. The van der Waals surface area contributed by atoms with Gasteiger partial charge in [0.2, 0.25) is 0 Å². The first-order valence-corrected chi connectivity index (χ1v) is 9.77. The Morgan fingerprint density at radius 3 is 2.75 bits per heavy atom. The van der Waals surface area contributed by atoms with Crippen molar-refractivity contribution >= 4 is 47.0 Å². The van der Waals surface area contributed by atoms with Crippen molar-refractivity contribution in [2.45, 2.75) is 19.5 Å². The topological polar surface area (TPSA) is 58.0 Å². The van der Waals surface area contributed by atoms with E-state index in [1.165, 1.54) is 5.56 Å². The molecule has 0 amide bonds. The first kappa shape index (κ1) is 22.6. The van der Waals surface area contributed by atoms with Crippen molar-refractivity contribution in [3.8, 4) is 0 Å². The fraction of sp³-hybridized carbons (Fsp3) is 0.368. The van der Waals surface area contributed by atoms with Gasteiger partial charge in [-0.25, -0.2) is 9.97 Å². The number of hydrogen-bond donors (Lipinski definition) is 2. The fourth-order valence-corrected chi connectivity index (χ4v) is 4.02. The second-order valence-electron chi connectivity index (χ2n) is 6.72. The summed E-state index contributed by atoms with van der Waals surface area (Å²) in [4.78, 5) is 11.8. The molecule has 1 aliphatic rings. The lowest BCUT2D eigenvalue weighted by Crippen LogP contribution is -2.46. The Bertz CT molecular complexity index is 863. The van der Waals surface area contributed by atoms with Crippen molar-refractivity contribution in [1.82, 2.24) is 24.8 Å². The van der Waals surface area contributed by atoms with Crippen molar-refractivity contribution in [3.05, 3.63) is 59.1 Å². The maximum absolute atomic E-state index is 4.78. The molecule has 4 rings (SSSR count). The molecule has 0 radical (unpaired) electrons. The molecule has 1 fully saturated rings. The third kappa shape index (κ3) is 5.24. The van der Waals surface area contributed by atoms with Crippen LogP contribution in [0.15, 0.2) is 42.0 Å². The lowest BCUT2D eigenvalue weighted by atomic mass is 10.1. The lowest BCUT2D eigenvalue weighted by molar-refractivity contribution is 0.143. The molecule has 3 heterocycles. The lowest BCUT2D eigenvalue weighted by Gasteiger charge is -2.35. The first-order valence-electron chi connectivity index (χ1n) is 8.89. The molecule has 0 bridgehead atoms. The number of rotatable bonds is 5. The normalized spacial score (nSPS) is 16.9. The average Bonchev–Trinajstić information content (AvgIpc) is 3.26. The Hall–Kier alpha value is -1.64. The molecule has 1 aliphatic heterocycles. The fourth-order valence-electron chi connectivity index (χ4n) is 3.29. The number of nitrogens with zero attached hydrogens (tertiary/aromatic N) is 4. The number of piperazine rings is 1. The van der Waals surface area contributed by atoms with Crippen LogP contribution in [0.1, 0.15) is 23.1 Å². The Morgan fingerprint density at radius 2 is 2.04 bits per heavy atom. The summed E-state index contributed by atoms with van der Waals surface area (Å²) in [6, 6.07) is 8.66. The zero-order valence-electron chi connectivity index (χ0n) is 16.0. The number of aryl methyl sites for hydroxylation is 2. The summed E-state index contributed by atoms with van der Waals surface area (Å²) in [5.41, 5.74) is 3.43. The van der Waals surface area contributed by atoms with Crippen molar-refractivity contribution in [1.29, 1.82) is 0 Å². The summed E-state index contributed by atoms with van der Waals surface area (Å²) in [5.74, 6) is 1.10. The van der Waals surface area contributed by atoms with Gasteiger partial charge in [-0.1, -0.05) is 17.7 Å². The smallest absolute Gasteiger partial charge is 0.187 e. The molecule has 9 heteroatoms. The number of hydrogen-bond acceptors (Lipinski definition) is 6. The molecule has 152 valence electrons. The van der Waals surface area contributed by atoms with Crippen LogP contribution in [0.25, 0.3) is 0 Å². The van der Waals surface area contributed by atoms with Crippen LogP contribution < -0.4 is 10.6 Å². The molecule has 3 aromatic rings. The number of aromatic nitrogens is 3. The van der Waals surface area contributed by atoms with Gasteiger partial charge in [-0.3, -0.25) is 4.90 Å². The minimum absolute atomic E-state index is 0. The van der Waals surface area contributed by atoms with Crippen LogP contribution >= 0.6 is 36.2 Å². The highest BCUT2D eigenvalue weighted by Crippen LogP contribution is 2.26. The van der Waals surface area contributed by atoms with Crippen molar-refractivity contribution in [2.75, 3.05) is 25.0 Å². The maximum atomic E-state index is 4.78. The second-order valence-corrected chi connectivity index (χ2v) is 7.58. The highest BCUT2D eigenvalue weighted by molar-refractivity contribution is 7.13. The largest absolute Gasteiger partial charge is 0.337 e. The number of halogens is 2. The van der Waals surface area contributed by atoms with Crippen molar-refractivity contribution in [2.24, 2.45) is 7.05 Å². The van der Waals surface area contributed by atoms with E-state index in [-0.39, 0.29) is 30.9 Å². The van der Waals surface area contributed by atoms with E-state index in [4.69, 9.17) is 4.98 Å². The molecule has 0 spiro atoms. The van der Waals surface area contributed by atoms with Gasteiger partial charge in [-0.2, -0.15) is 0 Å². The van der Waals surface area contributed by atoms with E-state index in [0.717, 1.165) is 48.5 Å². The molecule has 6 nitrogen and oxygen atoms in total. The van der Waals surface area contributed by atoms with Gasteiger partial charge in [-0.05, 0) is 19.1 Å². The van der Waals surface area contributed by atoms with Gasteiger partial charge >= 0.3 is 0 Å². The van der Waals surface area contributed by atoms with Gasteiger partial charge in [0.1, 0.15) is 5.82 Å². The van der Waals surface area contributed by atoms with Gasteiger partial charge in [0, 0.05) is 56.7 Å². The number of nitrogens with one attached hydrogen (secondary N) is 2. The predicted molar refractivity (Wildman–Crippen MR) is 120 cm³/mol. The van der Waals surface area contributed by atoms with E-state index in [0.29, 0.717) is 0 Å². The molecule has 1 aromatic carbocycles. The molecular weight excluding hydrogens is 415 g/mol. The van der Waals surface area contributed by atoms with Crippen LogP contribution in [-0.4, -0.2) is 39.1 Å². The summed E-state index contributed by atoms with van der Waals surface area (Å²) >= 11 is 1.65. The standard InChI is InChI=1S/C19H24N6S.2ClH/c1-14-3-5-15(6-4-14)22-19-23-16(13-26-19)12-25-10-7-20-11-17(25)18-21-8-9-24(18)2;;/h3-6,8-9,13,17,20H,7,10-12H2,1-2H3,(H,22,23);2*1H. The SMILES string of the molecule is Cc1ccc(Nc2nc(CN3CCNCC3c3nccn3C)cs2)cc1.Cl.Cl. The van der Waals surface area contributed by atoms with Gasteiger partial charge < -0.3 is 15.2 Å². The zero-order chi connectivity index (χ0) is 17.9. The number of anilines is 2. The molecule has 0 saturated carbocycles. The molecule has 1 saturated heterocycles. The second kappa shape index (κ2) is 10.2. The molecule has 1 atom stereocenters. The van der Waals surface area contributed by atoms with Crippen molar-refractivity contribution < 1.29 is 0 Å². The van der Waals surface area contributed by atoms with Crippen LogP contribution in [0.2, 0.25) is 0 Å². The molecule has 2 N–H and O–H groups in total. The summed E-state index contributed by atoms with van der Waals surface area (Å²) in [6.45, 7) is 5.85. The number of imidazole rings is 1. The van der Waals surface area contributed by atoms with Gasteiger partial charge in [0.05, 0.1) is 11.7 Å². The highest BCUT2D eigenvalue weighted by atomic mass is 35.5. The predicted octanol–water partition coefficient (Wildman–Crippen LogP) is 3.92. The third-order valence-electron chi connectivity index (χ3n) is 4.73. The summed E-state index contributed by atoms with van der Waals surface area (Å²) in [5, 5.41) is 9.96. The maximum Gasteiger partial charge on any atom is 0.187 e. The molecule has 2 aromatic heterocycles. The molecule has 1 unspecified atom stereocenters. The van der Waals surface area contributed by atoms with E-state index < -0.39 is 0 Å². The summed E-state index contributed by atoms with van der Waals surface area (Å²) in [7, 11) is 2.06. The van der Waals surface area contributed by atoms with Crippen LogP contribution in [-0.2, 0) is 13.6 Å². The average molecular weight is 441 g/mol. The Kier molecular flexibility index (Phi) is 8.27. The highest BCUT2D eigenvalue weighted by Gasteiger charge is 2.27. The monoisotopic (exact) mass is 440 g/mol. The first-order chi connectivity index (χ1) is 12.7. The number of benzene rings is 1. The van der Waals surface area contributed by atoms with Gasteiger partial charge in [0.15, 0.2) is 5.13 Å².